The van der Waals surface area contributed by atoms with E-state index in [4.69, 9.17) is 4.98 Å². The maximum absolute atomic E-state index is 13.0. The molecule has 0 bridgehead atoms. The Labute approximate surface area is 196 Å². The summed E-state index contributed by atoms with van der Waals surface area (Å²) in [6.45, 7) is 6.50. The Bertz CT molecular complexity index is 1120. The van der Waals surface area contributed by atoms with Crippen molar-refractivity contribution in [3.05, 3.63) is 59.2 Å². The molecule has 0 aliphatic heterocycles. The van der Waals surface area contributed by atoms with Gasteiger partial charge in [-0.25, -0.2) is 4.98 Å². The van der Waals surface area contributed by atoms with E-state index in [0.717, 1.165) is 36.2 Å². The molecule has 1 aromatic carbocycles. The predicted molar refractivity (Wildman–Crippen MR) is 132 cm³/mol. The van der Waals surface area contributed by atoms with Crippen molar-refractivity contribution in [1.82, 2.24) is 30.1 Å². The molecular weight excluding hydrogens is 412 g/mol. The molecule has 2 N–H and O–H groups in total. The molecular formula is C26H36N6O. The van der Waals surface area contributed by atoms with Crippen LogP contribution in [-0.4, -0.2) is 64.9 Å². The molecule has 176 valence electrons. The minimum absolute atomic E-state index is 0.0170. The predicted octanol–water partition coefficient (Wildman–Crippen LogP) is 3.78. The average Bonchev–Trinajstić information content (AvgIpc) is 3.18. The molecule has 2 aromatic heterocycles. The second-order valence-electron chi connectivity index (χ2n) is 10.3. The van der Waals surface area contributed by atoms with Crippen LogP contribution >= 0.6 is 0 Å². The molecule has 1 amide bonds. The number of rotatable bonds is 8. The fraction of sp³-hybridized carbons (Fsp3) is 0.500. The lowest BCUT2D eigenvalue weighted by Gasteiger charge is -2.31. The monoisotopic (exact) mass is 448 g/mol. The van der Waals surface area contributed by atoms with Crippen molar-refractivity contribution in [2.45, 2.75) is 45.7 Å². The highest BCUT2D eigenvalue weighted by Crippen LogP contribution is 2.32. The van der Waals surface area contributed by atoms with Gasteiger partial charge in [0.25, 0.3) is 5.91 Å². The Kier molecular flexibility index (Phi) is 6.81. The fourth-order valence-corrected chi connectivity index (χ4v) is 5.03. The van der Waals surface area contributed by atoms with Crippen molar-refractivity contribution in [2.24, 2.45) is 5.41 Å². The Hall–Kier alpha value is -2.77. The number of hydrogen-bond acceptors (Lipinski definition) is 5. The first-order valence-corrected chi connectivity index (χ1v) is 11.8. The second-order valence-corrected chi connectivity index (χ2v) is 10.3. The number of nitrogens with one attached hydrogen (secondary N) is 2. The first-order valence-electron chi connectivity index (χ1n) is 11.8. The largest absolute Gasteiger partial charge is 0.351 e. The van der Waals surface area contributed by atoms with Gasteiger partial charge in [-0.15, -0.1) is 0 Å². The van der Waals surface area contributed by atoms with E-state index in [1.54, 1.807) is 0 Å². The summed E-state index contributed by atoms with van der Waals surface area (Å²) >= 11 is 0. The first-order chi connectivity index (χ1) is 15.7. The number of fused-ring (bicyclic) bond motifs is 2. The zero-order valence-electron chi connectivity index (χ0n) is 20.5. The number of benzene rings is 1. The Morgan fingerprint density at radius 1 is 1.21 bits per heavy atom. The van der Waals surface area contributed by atoms with Crippen LogP contribution in [0.4, 0.5) is 0 Å². The molecule has 0 saturated heterocycles. The van der Waals surface area contributed by atoms with E-state index >= 15 is 0 Å². The number of H-pyrrole nitrogens is 1. The summed E-state index contributed by atoms with van der Waals surface area (Å²) in [5, 5.41) is 3.11. The summed E-state index contributed by atoms with van der Waals surface area (Å²) in [6.07, 6.45) is 5.25. The minimum atomic E-state index is -0.0794. The van der Waals surface area contributed by atoms with E-state index in [0.29, 0.717) is 18.7 Å². The van der Waals surface area contributed by atoms with Gasteiger partial charge in [-0.2, -0.15) is 0 Å². The number of imidazole rings is 1. The molecule has 7 heteroatoms. The molecule has 7 nitrogen and oxygen atoms in total. The molecule has 1 unspecified atom stereocenters. The molecule has 1 aliphatic carbocycles. The second kappa shape index (κ2) is 9.61. The normalized spacial score (nSPS) is 16.4. The summed E-state index contributed by atoms with van der Waals surface area (Å²) in [5.74, 6) is 0.785. The molecule has 0 radical (unpaired) electrons. The summed E-state index contributed by atoms with van der Waals surface area (Å²) in [6, 6.07) is 10.2. The number of carbonyl (C=O) groups is 1. The Balaban J connectivity index is 1.49. The summed E-state index contributed by atoms with van der Waals surface area (Å²) < 4.78 is 0. The van der Waals surface area contributed by atoms with Crippen LogP contribution < -0.4 is 5.32 Å². The van der Waals surface area contributed by atoms with Gasteiger partial charge in [-0.05, 0) is 69.6 Å². The Morgan fingerprint density at radius 3 is 2.82 bits per heavy atom. The van der Waals surface area contributed by atoms with Gasteiger partial charge in [-0.3, -0.25) is 14.7 Å². The standard InChI is InChI=1S/C26H36N6O/c1-26(2,17-31(3)4)16-28-25(33)19-11-7-12-20-24(19)30-22(29-20)15-32(5)21-13-6-9-18-10-8-14-27-23(18)21/h7-8,10-12,14,21H,6,9,13,15-17H2,1-5H3,(H,28,33)(H,29,30). The van der Waals surface area contributed by atoms with E-state index < -0.39 is 0 Å². The smallest absolute Gasteiger partial charge is 0.253 e. The third-order valence-electron chi connectivity index (χ3n) is 6.37. The van der Waals surface area contributed by atoms with E-state index in [-0.39, 0.29) is 17.4 Å². The van der Waals surface area contributed by atoms with Crippen molar-refractivity contribution < 1.29 is 4.79 Å². The molecule has 33 heavy (non-hydrogen) atoms. The zero-order chi connectivity index (χ0) is 23.6. The number of hydrogen-bond donors (Lipinski definition) is 2. The molecule has 3 aromatic rings. The molecule has 4 rings (SSSR count). The lowest BCUT2D eigenvalue weighted by molar-refractivity contribution is 0.0930. The van der Waals surface area contributed by atoms with E-state index in [1.807, 2.05) is 30.5 Å². The van der Waals surface area contributed by atoms with E-state index in [2.05, 4.69) is 66.1 Å². The van der Waals surface area contributed by atoms with Crippen LogP contribution in [0.2, 0.25) is 0 Å². The van der Waals surface area contributed by atoms with Gasteiger partial charge in [0.15, 0.2) is 0 Å². The van der Waals surface area contributed by atoms with Crippen molar-refractivity contribution in [3.63, 3.8) is 0 Å². The first kappa shape index (κ1) is 23.4. The average molecular weight is 449 g/mol. The number of amides is 1. The van der Waals surface area contributed by atoms with Gasteiger partial charge in [0.2, 0.25) is 0 Å². The van der Waals surface area contributed by atoms with Crippen LogP contribution in [0.3, 0.4) is 0 Å². The number of aryl methyl sites for hydroxylation is 1. The van der Waals surface area contributed by atoms with Gasteiger partial charge < -0.3 is 15.2 Å². The maximum atomic E-state index is 13.0. The van der Waals surface area contributed by atoms with E-state index in [1.165, 1.54) is 17.7 Å². The lowest BCUT2D eigenvalue weighted by Crippen LogP contribution is -2.40. The number of pyridine rings is 1. The number of carbonyl (C=O) groups excluding carboxylic acids is 1. The van der Waals surface area contributed by atoms with Crippen LogP contribution in [0, 0.1) is 5.41 Å². The maximum Gasteiger partial charge on any atom is 0.253 e. The molecule has 0 saturated carbocycles. The van der Waals surface area contributed by atoms with Gasteiger partial charge in [0, 0.05) is 19.3 Å². The van der Waals surface area contributed by atoms with Gasteiger partial charge in [0.05, 0.1) is 29.4 Å². The summed E-state index contributed by atoms with van der Waals surface area (Å²) in [7, 11) is 6.23. The zero-order valence-corrected chi connectivity index (χ0v) is 20.5. The number of aromatic nitrogens is 3. The summed E-state index contributed by atoms with van der Waals surface area (Å²) in [5.41, 5.74) is 4.75. The van der Waals surface area contributed by atoms with Gasteiger partial charge in [-0.1, -0.05) is 26.0 Å². The van der Waals surface area contributed by atoms with E-state index in [9.17, 15) is 4.79 Å². The summed E-state index contributed by atoms with van der Waals surface area (Å²) in [4.78, 5) is 30.4. The van der Waals surface area contributed by atoms with Crippen molar-refractivity contribution >= 4 is 16.9 Å². The Morgan fingerprint density at radius 2 is 2.03 bits per heavy atom. The molecule has 0 fully saturated rings. The minimum Gasteiger partial charge on any atom is -0.351 e. The van der Waals surface area contributed by atoms with Crippen LogP contribution in [0.25, 0.3) is 11.0 Å². The topological polar surface area (TPSA) is 77.2 Å². The molecule has 1 atom stereocenters. The van der Waals surface area contributed by atoms with Gasteiger partial charge in [0.1, 0.15) is 11.3 Å². The quantitative estimate of drug-likeness (QED) is 0.548. The van der Waals surface area contributed by atoms with Crippen LogP contribution in [-0.2, 0) is 13.0 Å². The number of nitrogens with zero attached hydrogens (tertiary/aromatic N) is 4. The highest BCUT2D eigenvalue weighted by Gasteiger charge is 2.26. The molecule has 1 aliphatic rings. The highest BCUT2D eigenvalue weighted by molar-refractivity contribution is 6.04. The molecule has 2 heterocycles. The van der Waals surface area contributed by atoms with Crippen LogP contribution in [0.1, 0.15) is 60.2 Å². The molecule has 0 spiro atoms. The third-order valence-corrected chi connectivity index (χ3v) is 6.37. The van der Waals surface area contributed by atoms with Crippen molar-refractivity contribution in [1.29, 1.82) is 0 Å². The number of aromatic amines is 1. The fourth-order valence-electron chi connectivity index (χ4n) is 5.03. The lowest BCUT2D eigenvalue weighted by atomic mass is 9.91. The van der Waals surface area contributed by atoms with Gasteiger partial charge >= 0.3 is 0 Å². The highest BCUT2D eigenvalue weighted by atomic mass is 16.1. The number of para-hydroxylation sites is 1. The SMILES string of the molecule is CN(C)CC(C)(C)CNC(=O)c1cccc2[nH]c(CN(C)C3CCCc4cccnc43)nc12. The third kappa shape index (κ3) is 5.42. The van der Waals surface area contributed by atoms with Crippen LogP contribution in [0.5, 0.6) is 0 Å². The van der Waals surface area contributed by atoms with Crippen molar-refractivity contribution in [2.75, 3.05) is 34.2 Å². The van der Waals surface area contributed by atoms with Crippen molar-refractivity contribution in [3.8, 4) is 0 Å². The van der Waals surface area contributed by atoms with Crippen LogP contribution in [0.15, 0.2) is 36.5 Å².